The molecule has 11 heteroatoms. The summed E-state index contributed by atoms with van der Waals surface area (Å²) in [5, 5.41) is 13.7. The molecular weight excluding hydrogens is 386 g/mol. The summed E-state index contributed by atoms with van der Waals surface area (Å²) in [5.74, 6) is -0.622. The lowest BCUT2D eigenvalue weighted by molar-refractivity contribution is 0.0693. The number of H-pyrrole nitrogens is 1. The maximum Gasteiger partial charge on any atom is 0.282 e. The second-order valence-electron chi connectivity index (χ2n) is 7.24. The number of ether oxygens (including phenoxy) is 1. The second kappa shape index (κ2) is 7.90. The van der Waals surface area contributed by atoms with Crippen LogP contribution in [0, 0.1) is 0 Å². The van der Waals surface area contributed by atoms with E-state index in [1.165, 1.54) is 16.6 Å². The van der Waals surface area contributed by atoms with Gasteiger partial charge in [-0.2, -0.15) is 10.2 Å². The Balaban J connectivity index is 1.45. The van der Waals surface area contributed by atoms with E-state index in [1.807, 2.05) is 0 Å². The molecule has 2 aliphatic rings. The first-order chi connectivity index (χ1) is 13.9. The highest BCUT2D eigenvalue weighted by Gasteiger charge is 2.30. The van der Waals surface area contributed by atoms with Gasteiger partial charge in [-0.15, -0.1) is 0 Å². The third kappa shape index (κ3) is 3.86. The van der Waals surface area contributed by atoms with Gasteiger partial charge in [-0.05, 0) is 25.3 Å². The molecule has 29 heavy (non-hydrogen) atoms. The van der Waals surface area contributed by atoms with Crippen LogP contribution in [0.4, 0.5) is 8.78 Å². The smallest absolute Gasteiger partial charge is 0.282 e. The average Bonchev–Trinajstić information content (AvgIpc) is 3.31. The van der Waals surface area contributed by atoms with Gasteiger partial charge in [-0.3, -0.25) is 19.4 Å². The van der Waals surface area contributed by atoms with Crippen LogP contribution >= 0.6 is 0 Å². The van der Waals surface area contributed by atoms with Crippen molar-refractivity contribution in [3.63, 3.8) is 0 Å². The Morgan fingerprint density at radius 1 is 1.34 bits per heavy atom. The number of carbonyl (C=O) groups excluding carboxylic acids is 2. The van der Waals surface area contributed by atoms with Crippen molar-refractivity contribution in [3.8, 4) is 0 Å². The van der Waals surface area contributed by atoms with Crippen LogP contribution < -0.4 is 5.32 Å². The molecule has 2 amide bonds. The largest absolute Gasteiger partial charge is 0.381 e. The van der Waals surface area contributed by atoms with Gasteiger partial charge in [0.25, 0.3) is 18.2 Å². The van der Waals surface area contributed by atoms with Crippen LogP contribution in [0.1, 0.15) is 57.2 Å². The summed E-state index contributed by atoms with van der Waals surface area (Å²) in [5.41, 5.74) is 1.48. The molecule has 0 bridgehead atoms. The van der Waals surface area contributed by atoms with Gasteiger partial charge in [-0.1, -0.05) is 0 Å². The molecule has 0 saturated carbocycles. The van der Waals surface area contributed by atoms with Gasteiger partial charge >= 0.3 is 0 Å². The predicted molar refractivity (Wildman–Crippen MR) is 96.5 cm³/mol. The lowest BCUT2D eigenvalue weighted by atomic mass is 10.0. The molecule has 0 aliphatic carbocycles. The summed E-state index contributed by atoms with van der Waals surface area (Å²) in [7, 11) is 1.46. The Kier molecular flexibility index (Phi) is 5.31. The first-order valence-corrected chi connectivity index (χ1v) is 9.50. The van der Waals surface area contributed by atoms with Crippen LogP contribution in [0.5, 0.6) is 0 Å². The number of rotatable bonds is 4. The lowest BCUT2D eigenvalue weighted by Gasteiger charge is -2.27. The third-order valence-corrected chi connectivity index (χ3v) is 5.33. The highest BCUT2D eigenvalue weighted by Crippen LogP contribution is 2.24. The standard InChI is InChI=1S/C18H22F2N6O3/c1-25-14(8-12(24-25)16(19)20)18(28)26-5-2-11-13(9-26)22-23-15(11)17(27)21-10-3-6-29-7-4-10/h8,10,16H,2-7,9H2,1H3,(H,21,27)(H,22,23). The number of nitrogens with zero attached hydrogens (tertiary/aromatic N) is 4. The van der Waals surface area contributed by atoms with Crippen molar-refractivity contribution in [1.29, 1.82) is 0 Å². The molecule has 0 spiro atoms. The summed E-state index contributed by atoms with van der Waals surface area (Å²) in [4.78, 5) is 26.9. The highest BCUT2D eigenvalue weighted by molar-refractivity contribution is 5.95. The number of nitrogens with one attached hydrogen (secondary N) is 2. The fraction of sp³-hybridized carbons (Fsp3) is 0.556. The summed E-state index contributed by atoms with van der Waals surface area (Å²) in [6, 6.07) is 1.18. The topological polar surface area (TPSA) is 105 Å². The predicted octanol–water partition coefficient (Wildman–Crippen LogP) is 1.19. The average molecular weight is 408 g/mol. The molecule has 1 fully saturated rings. The maximum absolute atomic E-state index is 12.9. The van der Waals surface area contributed by atoms with E-state index >= 15 is 0 Å². The maximum atomic E-state index is 12.9. The molecule has 2 aromatic heterocycles. The molecule has 4 rings (SSSR count). The van der Waals surface area contributed by atoms with Crippen molar-refractivity contribution in [1.82, 2.24) is 30.2 Å². The zero-order chi connectivity index (χ0) is 20.5. The van der Waals surface area contributed by atoms with Crippen LogP contribution in [0.15, 0.2) is 6.07 Å². The van der Waals surface area contributed by atoms with Crippen molar-refractivity contribution < 1.29 is 23.1 Å². The van der Waals surface area contributed by atoms with Gasteiger partial charge in [0.05, 0.1) is 12.2 Å². The van der Waals surface area contributed by atoms with Gasteiger partial charge in [0.2, 0.25) is 0 Å². The third-order valence-electron chi connectivity index (χ3n) is 5.33. The minimum Gasteiger partial charge on any atom is -0.381 e. The number of carbonyl (C=O) groups is 2. The van der Waals surface area contributed by atoms with Gasteiger partial charge in [0, 0.05) is 38.4 Å². The minimum atomic E-state index is -2.74. The molecule has 2 N–H and O–H groups in total. The molecule has 9 nitrogen and oxygen atoms in total. The number of hydrogen-bond donors (Lipinski definition) is 2. The van der Waals surface area contributed by atoms with E-state index in [-0.39, 0.29) is 30.1 Å². The zero-order valence-electron chi connectivity index (χ0n) is 16.0. The number of aryl methyl sites for hydroxylation is 1. The Bertz CT molecular complexity index is 919. The van der Waals surface area contributed by atoms with E-state index in [2.05, 4.69) is 20.6 Å². The van der Waals surface area contributed by atoms with E-state index in [9.17, 15) is 18.4 Å². The molecule has 2 aliphatic heterocycles. The molecule has 0 aromatic carbocycles. The monoisotopic (exact) mass is 408 g/mol. The van der Waals surface area contributed by atoms with E-state index < -0.39 is 12.1 Å². The highest BCUT2D eigenvalue weighted by atomic mass is 19.3. The number of amides is 2. The Morgan fingerprint density at radius 3 is 2.79 bits per heavy atom. The van der Waals surface area contributed by atoms with Crippen LogP contribution in [0.25, 0.3) is 0 Å². The quantitative estimate of drug-likeness (QED) is 0.791. The van der Waals surface area contributed by atoms with Crippen molar-refractivity contribution in [2.24, 2.45) is 7.05 Å². The second-order valence-corrected chi connectivity index (χ2v) is 7.24. The Morgan fingerprint density at radius 2 is 2.10 bits per heavy atom. The van der Waals surface area contributed by atoms with E-state index in [0.29, 0.717) is 37.6 Å². The van der Waals surface area contributed by atoms with E-state index in [4.69, 9.17) is 4.74 Å². The van der Waals surface area contributed by atoms with Crippen molar-refractivity contribution in [3.05, 3.63) is 34.4 Å². The lowest BCUT2D eigenvalue weighted by Crippen LogP contribution is -2.40. The van der Waals surface area contributed by atoms with Gasteiger partial charge in [-0.25, -0.2) is 8.78 Å². The van der Waals surface area contributed by atoms with Crippen LogP contribution in [0.3, 0.4) is 0 Å². The number of halogens is 2. The number of alkyl halides is 2. The van der Waals surface area contributed by atoms with Crippen LogP contribution in [0.2, 0.25) is 0 Å². The zero-order valence-corrected chi connectivity index (χ0v) is 16.0. The van der Waals surface area contributed by atoms with E-state index in [0.717, 1.165) is 24.5 Å². The molecular formula is C18H22F2N6O3. The normalized spacial score (nSPS) is 17.4. The summed E-state index contributed by atoms with van der Waals surface area (Å²) < 4.78 is 32.2. The number of fused-ring (bicyclic) bond motifs is 1. The molecule has 0 radical (unpaired) electrons. The molecule has 2 aromatic rings. The fourth-order valence-electron chi connectivity index (χ4n) is 3.73. The van der Waals surface area contributed by atoms with Gasteiger partial charge in [0.1, 0.15) is 11.4 Å². The van der Waals surface area contributed by atoms with Crippen molar-refractivity contribution in [2.75, 3.05) is 19.8 Å². The van der Waals surface area contributed by atoms with Crippen molar-refractivity contribution in [2.45, 2.75) is 38.3 Å². The molecule has 1 saturated heterocycles. The summed E-state index contributed by atoms with van der Waals surface area (Å²) >= 11 is 0. The van der Waals surface area contributed by atoms with Gasteiger partial charge < -0.3 is 15.0 Å². The number of aromatic nitrogens is 4. The summed E-state index contributed by atoms with van der Waals surface area (Å²) in [6.07, 6.45) is -0.744. The first-order valence-electron chi connectivity index (χ1n) is 9.50. The number of hydrogen-bond acceptors (Lipinski definition) is 5. The fourth-order valence-corrected chi connectivity index (χ4v) is 3.73. The molecule has 0 unspecified atom stereocenters. The Hall–Kier alpha value is -2.82. The van der Waals surface area contributed by atoms with Crippen molar-refractivity contribution >= 4 is 11.8 Å². The minimum absolute atomic E-state index is 0.0686. The van der Waals surface area contributed by atoms with Crippen LogP contribution in [-0.2, 0) is 24.8 Å². The Labute approximate surface area is 165 Å². The summed E-state index contributed by atoms with van der Waals surface area (Å²) in [6.45, 7) is 1.84. The van der Waals surface area contributed by atoms with E-state index in [1.54, 1.807) is 0 Å². The molecule has 0 atom stereocenters. The van der Waals surface area contributed by atoms with Gasteiger partial charge in [0.15, 0.2) is 5.69 Å². The molecule has 156 valence electrons. The first kappa shape index (κ1) is 19.5. The molecule has 4 heterocycles. The SMILES string of the molecule is Cn1nc(C(F)F)cc1C(=O)N1CCc2c(C(=O)NC3CCOCC3)n[nH]c2C1. The van der Waals surface area contributed by atoms with Crippen LogP contribution in [-0.4, -0.2) is 62.5 Å². The number of aromatic amines is 1.